The molecule has 0 bridgehead atoms. The number of hydrogen-bond acceptors (Lipinski definition) is 4. The summed E-state index contributed by atoms with van der Waals surface area (Å²) in [5, 5.41) is 17.8. The van der Waals surface area contributed by atoms with E-state index >= 15 is 0 Å². The van der Waals surface area contributed by atoms with Gasteiger partial charge in [0.1, 0.15) is 6.10 Å². The molecule has 0 unspecified atom stereocenters. The SMILES string of the molecule is CCCCCCCCC(CCCCCCCC)OC(=O)CCCCC(C(=O)O)C(=O)O. The highest BCUT2D eigenvalue weighted by Crippen LogP contribution is 2.18. The Hall–Kier alpha value is -1.59. The minimum atomic E-state index is -1.40. The highest BCUT2D eigenvalue weighted by Gasteiger charge is 2.25. The number of ether oxygens (including phenoxy) is 1. The van der Waals surface area contributed by atoms with Crippen LogP contribution >= 0.6 is 0 Å². The van der Waals surface area contributed by atoms with Gasteiger partial charge in [-0.15, -0.1) is 0 Å². The van der Waals surface area contributed by atoms with Gasteiger partial charge in [-0.1, -0.05) is 84.5 Å². The maximum Gasteiger partial charge on any atom is 0.317 e. The van der Waals surface area contributed by atoms with Crippen LogP contribution in [0.5, 0.6) is 0 Å². The van der Waals surface area contributed by atoms with Crippen LogP contribution in [-0.4, -0.2) is 34.2 Å². The first-order chi connectivity index (χ1) is 14.9. The van der Waals surface area contributed by atoms with Crippen molar-refractivity contribution in [1.82, 2.24) is 0 Å². The molecule has 0 spiro atoms. The zero-order valence-electron chi connectivity index (χ0n) is 19.9. The fraction of sp³-hybridized carbons (Fsp3) is 0.880. The maximum absolute atomic E-state index is 12.3. The molecule has 0 radical (unpaired) electrons. The van der Waals surface area contributed by atoms with Crippen LogP contribution in [0, 0.1) is 5.92 Å². The number of carboxylic acid groups (broad SMARTS) is 2. The molecule has 0 fully saturated rings. The average Bonchev–Trinajstić information content (AvgIpc) is 2.72. The number of aliphatic carboxylic acids is 2. The first-order valence-corrected chi connectivity index (χ1v) is 12.6. The van der Waals surface area contributed by atoms with Crippen molar-refractivity contribution in [1.29, 1.82) is 0 Å². The molecular weight excluding hydrogens is 396 g/mol. The van der Waals surface area contributed by atoms with Crippen molar-refractivity contribution in [3.63, 3.8) is 0 Å². The molecule has 0 aliphatic carbocycles. The number of carbonyl (C=O) groups excluding carboxylic acids is 1. The van der Waals surface area contributed by atoms with Crippen molar-refractivity contribution >= 4 is 17.9 Å². The van der Waals surface area contributed by atoms with Gasteiger partial charge in [0, 0.05) is 6.42 Å². The van der Waals surface area contributed by atoms with Gasteiger partial charge in [-0.05, 0) is 38.5 Å². The van der Waals surface area contributed by atoms with Crippen LogP contribution in [0.25, 0.3) is 0 Å². The first-order valence-electron chi connectivity index (χ1n) is 12.6. The minimum Gasteiger partial charge on any atom is -0.481 e. The third kappa shape index (κ3) is 17.8. The molecule has 6 nitrogen and oxygen atoms in total. The zero-order chi connectivity index (χ0) is 23.3. The lowest BCUT2D eigenvalue weighted by atomic mass is 10.0. The Balaban J connectivity index is 4.25. The molecule has 0 aliphatic rings. The second-order valence-corrected chi connectivity index (χ2v) is 8.70. The smallest absolute Gasteiger partial charge is 0.317 e. The van der Waals surface area contributed by atoms with Gasteiger partial charge in [-0.25, -0.2) is 0 Å². The van der Waals surface area contributed by atoms with E-state index < -0.39 is 17.9 Å². The minimum absolute atomic E-state index is 0.0318. The van der Waals surface area contributed by atoms with E-state index in [-0.39, 0.29) is 24.9 Å². The Kier molecular flexibility index (Phi) is 19.3. The molecule has 0 saturated heterocycles. The van der Waals surface area contributed by atoms with Crippen molar-refractivity contribution in [3.05, 3.63) is 0 Å². The Morgan fingerprint density at radius 3 is 1.48 bits per heavy atom. The van der Waals surface area contributed by atoms with Crippen molar-refractivity contribution in [2.24, 2.45) is 5.92 Å². The van der Waals surface area contributed by atoms with Crippen molar-refractivity contribution < 1.29 is 29.3 Å². The Bertz CT molecular complexity index is 447. The molecule has 31 heavy (non-hydrogen) atoms. The second kappa shape index (κ2) is 20.3. The van der Waals surface area contributed by atoms with Gasteiger partial charge in [0.15, 0.2) is 5.92 Å². The van der Waals surface area contributed by atoms with E-state index in [0.717, 1.165) is 25.7 Å². The monoisotopic (exact) mass is 442 g/mol. The molecule has 0 aromatic rings. The van der Waals surface area contributed by atoms with E-state index in [4.69, 9.17) is 14.9 Å². The summed E-state index contributed by atoms with van der Waals surface area (Å²) in [6.45, 7) is 4.42. The Morgan fingerprint density at radius 2 is 1.03 bits per heavy atom. The number of unbranched alkanes of at least 4 members (excludes halogenated alkanes) is 11. The van der Waals surface area contributed by atoms with Crippen LogP contribution in [-0.2, 0) is 19.1 Å². The van der Waals surface area contributed by atoms with E-state index in [0.29, 0.717) is 12.8 Å². The van der Waals surface area contributed by atoms with Crippen molar-refractivity contribution in [2.75, 3.05) is 0 Å². The summed E-state index contributed by atoms with van der Waals surface area (Å²) >= 11 is 0. The summed E-state index contributed by atoms with van der Waals surface area (Å²) in [5.74, 6) is -4.30. The van der Waals surface area contributed by atoms with E-state index in [1.165, 1.54) is 64.2 Å². The molecule has 0 heterocycles. The number of carbonyl (C=O) groups is 3. The fourth-order valence-electron chi connectivity index (χ4n) is 3.78. The number of carboxylic acids is 2. The molecular formula is C25H46O6. The van der Waals surface area contributed by atoms with Gasteiger partial charge in [0.2, 0.25) is 0 Å². The molecule has 2 N–H and O–H groups in total. The summed E-state index contributed by atoms with van der Waals surface area (Å²) < 4.78 is 5.74. The number of esters is 1. The highest BCUT2D eigenvalue weighted by molar-refractivity contribution is 5.92. The lowest BCUT2D eigenvalue weighted by Gasteiger charge is -2.18. The van der Waals surface area contributed by atoms with Crippen LogP contribution in [0.4, 0.5) is 0 Å². The van der Waals surface area contributed by atoms with Crippen molar-refractivity contribution in [2.45, 2.75) is 136 Å². The van der Waals surface area contributed by atoms with Crippen LogP contribution in [0.3, 0.4) is 0 Å². The molecule has 0 saturated carbocycles. The standard InChI is InChI=1S/C25H46O6/c1-3-5-7-9-11-13-17-21(18-14-12-10-8-6-4-2)31-23(26)20-16-15-19-22(24(27)28)25(29)30/h21-22H,3-20H2,1-2H3,(H,27,28)(H,29,30). The van der Waals surface area contributed by atoms with Gasteiger partial charge in [-0.2, -0.15) is 0 Å². The molecule has 0 atom stereocenters. The molecule has 0 rings (SSSR count). The lowest BCUT2D eigenvalue weighted by Crippen LogP contribution is -2.23. The zero-order valence-corrected chi connectivity index (χ0v) is 19.9. The largest absolute Gasteiger partial charge is 0.481 e. The molecule has 0 aromatic carbocycles. The maximum atomic E-state index is 12.3. The van der Waals surface area contributed by atoms with Crippen LogP contribution in [0.1, 0.15) is 129 Å². The fourth-order valence-corrected chi connectivity index (χ4v) is 3.78. The molecule has 0 aliphatic heterocycles. The van der Waals surface area contributed by atoms with Crippen LogP contribution in [0.2, 0.25) is 0 Å². The van der Waals surface area contributed by atoms with Gasteiger partial charge >= 0.3 is 17.9 Å². The Labute approximate surface area is 189 Å². The van der Waals surface area contributed by atoms with Crippen LogP contribution in [0.15, 0.2) is 0 Å². The second-order valence-electron chi connectivity index (χ2n) is 8.70. The molecule has 0 amide bonds. The topological polar surface area (TPSA) is 101 Å². The predicted molar refractivity (Wildman–Crippen MR) is 123 cm³/mol. The van der Waals surface area contributed by atoms with E-state index in [1.54, 1.807) is 0 Å². The molecule has 182 valence electrons. The van der Waals surface area contributed by atoms with Gasteiger partial charge in [0.25, 0.3) is 0 Å². The first kappa shape index (κ1) is 29.4. The van der Waals surface area contributed by atoms with Gasteiger partial charge < -0.3 is 14.9 Å². The summed E-state index contributed by atoms with van der Waals surface area (Å²) in [5.41, 5.74) is 0. The van der Waals surface area contributed by atoms with E-state index in [2.05, 4.69) is 13.8 Å². The number of hydrogen-bond donors (Lipinski definition) is 2. The summed E-state index contributed by atoms with van der Waals surface area (Å²) in [6, 6.07) is 0. The molecule has 0 aromatic heterocycles. The van der Waals surface area contributed by atoms with Gasteiger partial charge in [0.05, 0.1) is 0 Å². The summed E-state index contributed by atoms with van der Waals surface area (Å²) in [4.78, 5) is 34.1. The average molecular weight is 443 g/mol. The number of rotatable bonds is 22. The summed E-state index contributed by atoms with van der Waals surface area (Å²) in [6.07, 6.45) is 17.4. The van der Waals surface area contributed by atoms with Crippen molar-refractivity contribution in [3.8, 4) is 0 Å². The van der Waals surface area contributed by atoms with Crippen LogP contribution < -0.4 is 0 Å². The summed E-state index contributed by atoms with van der Waals surface area (Å²) in [7, 11) is 0. The lowest BCUT2D eigenvalue weighted by molar-refractivity contribution is -0.154. The normalized spacial score (nSPS) is 11.2. The highest BCUT2D eigenvalue weighted by atomic mass is 16.5. The molecule has 6 heteroatoms. The predicted octanol–water partition coefficient (Wildman–Crippen LogP) is 6.75. The van der Waals surface area contributed by atoms with Gasteiger partial charge in [-0.3, -0.25) is 14.4 Å². The quantitative estimate of drug-likeness (QED) is 0.109. The van der Waals surface area contributed by atoms with E-state index in [1.807, 2.05) is 0 Å². The third-order valence-electron chi connectivity index (χ3n) is 5.78. The Morgan fingerprint density at radius 1 is 0.613 bits per heavy atom. The third-order valence-corrected chi connectivity index (χ3v) is 5.78. The van der Waals surface area contributed by atoms with E-state index in [9.17, 15) is 14.4 Å².